The standard InChI is InChI=1S/C14H20N4O/c1-4-10-6-5-7-16-12(10)13-17-14(19-18-13)11(15)8-9(2)3/h5-7,9,11H,4,8,15H2,1-3H3/t11-/m1/s1. The predicted molar refractivity (Wildman–Crippen MR) is 73.3 cm³/mol. The maximum Gasteiger partial charge on any atom is 0.243 e. The summed E-state index contributed by atoms with van der Waals surface area (Å²) in [7, 11) is 0. The van der Waals surface area contributed by atoms with E-state index in [1.54, 1.807) is 6.20 Å². The van der Waals surface area contributed by atoms with E-state index in [2.05, 4.69) is 35.9 Å². The van der Waals surface area contributed by atoms with Crippen molar-refractivity contribution < 1.29 is 4.52 Å². The van der Waals surface area contributed by atoms with Gasteiger partial charge in [-0.15, -0.1) is 0 Å². The Labute approximate surface area is 113 Å². The van der Waals surface area contributed by atoms with Gasteiger partial charge in [-0.1, -0.05) is 32.0 Å². The monoisotopic (exact) mass is 260 g/mol. The predicted octanol–water partition coefficient (Wildman–Crippen LogP) is 2.74. The van der Waals surface area contributed by atoms with E-state index in [4.69, 9.17) is 10.3 Å². The van der Waals surface area contributed by atoms with Crippen molar-refractivity contribution in [3.8, 4) is 11.5 Å². The SMILES string of the molecule is CCc1cccnc1-c1noc([C@H](N)CC(C)C)n1. The largest absolute Gasteiger partial charge is 0.337 e. The summed E-state index contributed by atoms with van der Waals surface area (Å²) in [5, 5.41) is 3.99. The Balaban J connectivity index is 2.25. The number of pyridine rings is 1. The van der Waals surface area contributed by atoms with Crippen LogP contribution in [0.3, 0.4) is 0 Å². The Hall–Kier alpha value is -1.75. The van der Waals surface area contributed by atoms with Gasteiger partial charge in [0.15, 0.2) is 0 Å². The number of hydrogen-bond donors (Lipinski definition) is 1. The summed E-state index contributed by atoms with van der Waals surface area (Å²) in [6.07, 6.45) is 3.44. The number of aryl methyl sites for hydroxylation is 1. The molecule has 1 atom stereocenters. The molecule has 5 nitrogen and oxygen atoms in total. The van der Waals surface area contributed by atoms with Crippen LogP contribution < -0.4 is 5.73 Å². The maximum absolute atomic E-state index is 6.04. The molecule has 2 N–H and O–H groups in total. The first-order chi connectivity index (χ1) is 9.11. The molecule has 0 aliphatic rings. The third kappa shape index (κ3) is 3.17. The number of hydrogen-bond acceptors (Lipinski definition) is 5. The first kappa shape index (κ1) is 13.7. The molecule has 0 aliphatic heterocycles. The van der Waals surface area contributed by atoms with Crippen molar-refractivity contribution >= 4 is 0 Å². The van der Waals surface area contributed by atoms with E-state index in [1.165, 1.54) is 0 Å². The molecular weight excluding hydrogens is 240 g/mol. The van der Waals surface area contributed by atoms with Crippen LogP contribution in [-0.2, 0) is 6.42 Å². The average Bonchev–Trinajstić information content (AvgIpc) is 2.87. The van der Waals surface area contributed by atoms with Gasteiger partial charge in [-0.05, 0) is 30.4 Å². The zero-order chi connectivity index (χ0) is 13.8. The van der Waals surface area contributed by atoms with Gasteiger partial charge in [0.1, 0.15) is 5.69 Å². The van der Waals surface area contributed by atoms with Gasteiger partial charge in [0.05, 0.1) is 6.04 Å². The van der Waals surface area contributed by atoms with Gasteiger partial charge in [0.25, 0.3) is 0 Å². The number of rotatable bonds is 5. The fourth-order valence-electron chi connectivity index (χ4n) is 2.02. The summed E-state index contributed by atoms with van der Waals surface area (Å²) in [6, 6.07) is 3.72. The van der Waals surface area contributed by atoms with Crippen LogP contribution in [0.2, 0.25) is 0 Å². The van der Waals surface area contributed by atoms with Crippen LogP contribution >= 0.6 is 0 Å². The minimum absolute atomic E-state index is 0.213. The fraction of sp³-hybridized carbons (Fsp3) is 0.500. The smallest absolute Gasteiger partial charge is 0.243 e. The van der Waals surface area contributed by atoms with Crippen molar-refractivity contribution in [3.63, 3.8) is 0 Å². The van der Waals surface area contributed by atoms with E-state index in [1.807, 2.05) is 12.1 Å². The minimum atomic E-state index is -0.213. The van der Waals surface area contributed by atoms with Crippen LogP contribution in [0.25, 0.3) is 11.5 Å². The van der Waals surface area contributed by atoms with Gasteiger partial charge < -0.3 is 10.3 Å². The molecule has 0 saturated carbocycles. The van der Waals surface area contributed by atoms with E-state index in [9.17, 15) is 0 Å². The summed E-state index contributed by atoms with van der Waals surface area (Å²) in [6.45, 7) is 6.31. The molecule has 2 heterocycles. The molecule has 0 spiro atoms. The molecule has 0 bridgehead atoms. The quantitative estimate of drug-likeness (QED) is 0.894. The number of aromatic nitrogens is 3. The van der Waals surface area contributed by atoms with Crippen molar-refractivity contribution in [1.82, 2.24) is 15.1 Å². The lowest BCUT2D eigenvalue weighted by atomic mass is 10.0. The molecule has 0 amide bonds. The Bertz CT molecular complexity index is 536. The molecule has 2 aromatic heterocycles. The van der Waals surface area contributed by atoms with E-state index in [-0.39, 0.29) is 6.04 Å². The van der Waals surface area contributed by atoms with Crippen LogP contribution in [0.5, 0.6) is 0 Å². The van der Waals surface area contributed by atoms with Crippen LogP contribution in [0, 0.1) is 5.92 Å². The van der Waals surface area contributed by atoms with Crippen LogP contribution in [0.1, 0.15) is 44.7 Å². The van der Waals surface area contributed by atoms with Gasteiger partial charge >= 0.3 is 0 Å². The average molecular weight is 260 g/mol. The zero-order valence-electron chi connectivity index (χ0n) is 11.6. The summed E-state index contributed by atoms with van der Waals surface area (Å²) in [5.41, 5.74) is 7.92. The molecule has 0 unspecified atom stereocenters. The van der Waals surface area contributed by atoms with Crippen molar-refractivity contribution in [2.45, 2.75) is 39.7 Å². The molecule has 2 rings (SSSR count). The van der Waals surface area contributed by atoms with E-state index in [0.29, 0.717) is 17.6 Å². The Morgan fingerprint density at radius 3 is 2.84 bits per heavy atom. The summed E-state index contributed by atoms with van der Waals surface area (Å²) in [5.74, 6) is 1.49. The minimum Gasteiger partial charge on any atom is -0.337 e. The molecule has 0 aliphatic carbocycles. The van der Waals surface area contributed by atoms with Gasteiger partial charge in [-0.2, -0.15) is 4.98 Å². The lowest BCUT2D eigenvalue weighted by Gasteiger charge is -2.08. The normalized spacial score (nSPS) is 12.9. The summed E-state index contributed by atoms with van der Waals surface area (Å²) in [4.78, 5) is 8.70. The highest BCUT2D eigenvalue weighted by Crippen LogP contribution is 2.22. The fourth-order valence-corrected chi connectivity index (χ4v) is 2.02. The van der Waals surface area contributed by atoms with Crippen LogP contribution in [0.4, 0.5) is 0 Å². The van der Waals surface area contributed by atoms with Gasteiger partial charge in [0.2, 0.25) is 11.7 Å². The zero-order valence-corrected chi connectivity index (χ0v) is 11.6. The number of nitrogens with zero attached hydrogens (tertiary/aromatic N) is 3. The molecule has 19 heavy (non-hydrogen) atoms. The highest BCUT2D eigenvalue weighted by atomic mass is 16.5. The Kier molecular flexibility index (Phi) is 4.27. The van der Waals surface area contributed by atoms with Gasteiger partial charge in [0, 0.05) is 6.20 Å². The Morgan fingerprint density at radius 2 is 2.16 bits per heavy atom. The third-order valence-corrected chi connectivity index (χ3v) is 2.97. The molecule has 102 valence electrons. The highest BCUT2D eigenvalue weighted by molar-refractivity contribution is 5.53. The molecule has 0 fully saturated rings. The molecule has 0 radical (unpaired) electrons. The summed E-state index contributed by atoms with van der Waals surface area (Å²) < 4.78 is 5.26. The van der Waals surface area contributed by atoms with Crippen LogP contribution in [-0.4, -0.2) is 15.1 Å². The first-order valence-corrected chi connectivity index (χ1v) is 6.65. The lowest BCUT2D eigenvalue weighted by Crippen LogP contribution is -2.13. The van der Waals surface area contributed by atoms with Crippen molar-refractivity contribution in [2.75, 3.05) is 0 Å². The van der Waals surface area contributed by atoms with E-state index < -0.39 is 0 Å². The maximum atomic E-state index is 6.04. The van der Waals surface area contributed by atoms with Crippen molar-refractivity contribution in [2.24, 2.45) is 11.7 Å². The van der Waals surface area contributed by atoms with Gasteiger partial charge in [-0.3, -0.25) is 4.98 Å². The molecule has 0 aromatic carbocycles. The second kappa shape index (κ2) is 5.93. The number of nitrogens with two attached hydrogens (primary N) is 1. The van der Waals surface area contributed by atoms with Crippen molar-refractivity contribution in [1.29, 1.82) is 0 Å². The van der Waals surface area contributed by atoms with Crippen LogP contribution in [0.15, 0.2) is 22.9 Å². The third-order valence-electron chi connectivity index (χ3n) is 2.97. The van der Waals surface area contributed by atoms with E-state index in [0.717, 1.165) is 24.1 Å². The topological polar surface area (TPSA) is 77.8 Å². The second-order valence-electron chi connectivity index (χ2n) is 5.06. The lowest BCUT2D eigenvalue weighted by molar-refractivity contribution is 0.335. The van der Waals surface area contributed by atoms with Gasteiger partial charge in [-0.25, -0.2) is 0 Å². The van der Waals surface area contributed by atoms with E-state index >= 15 is 0 Å². The molecule has 5 heteroatoms. The summed E-state index contributed by atoms with van der Waals surface area (Å²) >= 11 is 0. The Morgan fingerprint density at radius 1 is 1.37 bits per heavy atom. The van der Waals surface area contributed by atoms with Crippen molar-refractivity contribution in [3.05, 3.63) is 29.8 Å². The molecule has 2 aromatic rings. The first-order valence-electron chi connectivity index (χ1n) is 6.65. The highest BCUT2D eigenvalue weighted by Gasteiger charge is 2.18. The molecular formula is C14H20N4O. The second-order valence-corrected chi connectivity index (χ2v) is 5.06. The molecule has 0 saturated heterocycles.